The molecule has 2 aromatic carbocycles. The number of carbonyl (C=O) groups is 3. The fraction of sp³-hybridized carbons (Fsp3) is 0.308. The molecular formula is C26H26N2O5. The van der Waals surface area contributed by atoms with Crippen LogP contribution in [0.3, 0.4) is 0 Å². The average Bonchev–Trinajstić information content (AvgIpc) is 2.82. The Hall–Kier alpha value is -3.74. The highest BCUT2D eigenvalue weighted by Gasteiger charge is 2.23. The number of pyridine rings is 1. The second-order valence-corrected chi connectivity index (χ2v) is 8.04. The fourth-order valence-electron chi connectivity index (χ4n) is 4.17. The largest absolute Gasteiger partial charge is 0.465 e. The Balaban J connectivity index is 1.50. The van der Waals surface area contributed by atoms with Crippen molar-refractivity contribution in [1.82, 2.24) is 4.98 Å². The van der Waals surface area contributed by atoms with Gasteiger partial charge >= 0.3 is 11.9 Å². The molecule has 0 saturated carbocycles. The van der Waals surface area contributed by atoms with Crippen LogP contribution in [0.25, 0.3) is 10.9 Å². The minimum atomic E-state index is -0.512. The van der Waals surface area contributed by atoms with Gasteiger partial charge in [-0.3, -0.25) is 9.78 Å². The molecule has 7 nitrogen and oxygen atoms in total. The lowest BCUT2D eigenvalue weighted by atomic mass is 9.91. The van der Waals surface area contributed by atoms with Gasteiger partial charge in [-0.05, 0) is 61.6 Å². The monoisotopic (exact) mass is 446 g/mol. The number of aryl methyl sites for hydroxylation is 1. The van der Waals surface area contributed by atoms with E-state index in [0.29, 0.717) is 16.8 Å². The number of anilines is 1. The van der Waals surface area contributed by atoms with E-state index in [1.165, 1.54) is 7.11 Å². The van der Waals surface area contributed by atoms with E-state index in [-0.39, 0.29) is 0 Å². The summed E-state index contributed by atoms with van der Waals surface area (Å²) < 4.78 is 10.1. The number of para-hydroxylation sites is 1. The molecule has 0 unspecified atom stereocenters. The second-order valence-electron chi connectivity index (χ2n) is 8.04. The number of aromatic nitrogens is 1. The van der Waals surface area contributed by atoms with Crippen LogP contribution in [0.5, 0.6) is 0 Å². The SMILES string of the molecule is COC(=O)c1ccc(NC(=O)COC(=O)c2c3c(nc4ccccc24)CCCCCC3)cc1. The smallest absolute Gasteiger partial charge is 0.339 e. The van der Waals surface area contributed by atoms with Gasteiger partial charge in [0.1, 0.15) is 0 Å². The number of carbonyl (C=O) groups excluding carboxylic acids is 3. The van der Waals surface area contributed by atoms with Gasteiger partial charge in [-0.25, -0.2) is 9.59 Å². The summed E-state index contributed by atoms with van der Waals surface area (Å²) in [6.45, 7) is -0.414. The van der Waals surface area contributed by atoms with E-state index in [2.05, 4.69) is 10.1 Å². The van der Waals surface area contributed by atoms with E-state index < -0.39 is 24.5 Å². The fourth-order valence-corrected chi connectivity index (χ4v) is 4.17. The lowest BCUT2D eigenvalue weighted by molar-refractivity contribution is -0.119. The first kappa shape index (κ1) is 22.5. The topological polar surface area (TPSA) is 94.6 Å². The predicted molar refractivity (Wildman–Crippen MR) is 124 cm³/mol. The summed E-state index contributed by atoms with van der Waals surface area (Å²) in [5.41, 5.74) is 4.05. The molecule has 3 aromatic rings. The number of rotatable bonds is 5. The number of esters is 2. The second kappa shape index (κ2) is 10.3. The molecule has 1 heterocycles. The molecule has 170 valence electrons. The summed E-state index contributed by atoms with van der Waals surface area (Å²) in [5.74, 6) is -1.43. The zero-order valence-corrected chi connectivity index (χ0v) is 18.6. The Morgan fingerprint density at radius 1 is 0.909 bits per heavy atom. The molecule has 1 amide bonds. The minimum Gasteiger partial charge on any atom is -0.465 e. The van der Waals surface area contributed by atoms with Gasteiger partial charge in [0.15, 0.2) is 6.61 Å². The summed E-state index contributed by atoms with van der Waals surface area (Å²) in [6.07, 6.45) is 5.94. The van der Waals surface area contributed by atoms with E-state index in [1.807, 2.05) is 24.3 Å². The van der Waals surface area contributed by atoms with Gasteiger partial charge in [0.05, 0.1) is 23.8 Å². The molecule has 1 N–H and O–H groups in total. The van der Waals surface area contributed by atoms with Crippen LogP contribution >= 0.6 is 0 Å². The van der Waals surface area contributed by atoms with Crippen molar-refractivity contribution in [2.24, 2.45) is 0 Å². The Bertz CT molecular complexity index is 1190. The Labute approximate surface area is 192 Å². The third kappa shape index (κ3) is 5.19. The van der Waals surface area contributed by atoms with Gasteiger partial charge < -0.3 is 14.8 Å². The van der Waals surface area contributed by atoms with Crippen LogP contribution in [0.15, 0.2) is 48.5 Å². The maximum absolute atomic E-state index is 13.2. The Kier molecular flexibility index (Phi) is 6.98. The van der Waals surface area contributed by atoms with Crippen LogP contribution in [-0.4, -0.2) is 36.5 Å². The van der Waals surface area contributed by atoms with Gasteiger partial charge in [-0.2, -0.15) is 0 Å². The summed E-state index contributed by atoms with van der Waals surface area (Å²) in [5, 5.41) is 3.42. The van der Waals surface area contributed by atoms with Crippen molar-refractivity contribution in [2.75, 3.05) is 19.0 Å². The van der Waals surface area contributed by atoms with E-state index in [4.69, 9.17) is 9.72 Å². The van der Waals surface area contributed by atoms with Gasteiger partial charge in [0, 0.05) is 16.8 Å². The Morgan fingerprint density at radius 2 is 1.64 bits per heavy atom. The molecule has 1 aliphatic carbocycles. The van der Waals surface area contributed by atoms with Crippen molar-refractivity contribution >= 4 is 34.4 Å². The third-order valence-corrected chi connectivity index (χ3v) is 5.80. The molecule has 0 bridgehead atoms. The van der Waals surface area contributed by atoms with Crippen molar-refractivity contribution in [3.63, 3.8) is 0 Å². The lowest BCUT2D eigenvalue weighted by Gasteiger charge is -2.18. The maximum Gasteiger partial charge on any atom is 0.339 e. The number of methoxy groups -OCH3 is 1. The minimum absolute atomic E-state index is 0.378. The van der Waals surface area contributed by atoms with E-state index in [1.54, 1.807) is 24.3 Å². The molecule has 7 heteroatoms. The van der Waals surface area contributed by atoms with Crippen LogP contribution in [-0.2, 0) is 27.1 Å². The number of hydrogen-bond donors (Lipinski definition) is 1. The standard InChI is InChI=1S/C26H26N2O5/c1-32-25(30)17-12-14-18(15-13-17)27-23(29)16-33-26(31)24-19-8-4-2-3-5-10-21(19)28-22-11-7-6-9-20(22)24/h6-7,9,11-15H,2-5,8,10,16H2,1H3,(H,27,29). The van der Waals surface area contributed by atoms with Crippen molar-refractivity contribution in [1.29, 1.82) is 0 Å². The first-order valence-corrected chi connectivity index (χ1v) is 11.1. The molecule has 0 spiro atoms. The molecule has 0 aliphatic heterocycles. The summed E-state index contributed by atoms with van der Waals surface area (Å²) in [7, 11) is 1.30. The molecule has 1 aromatic heterocycles. The summed E-state index contributed by atoms with van der Waals surface area (Å²) >= 11 is 0. The molecule has 33 heavy (non-hydrogen) atoms. The normalized spacial score (nSPS) is 13.4. The molecule has 0 radical (unpaired) electrons. The molecule has 0 saturated heterocycles. The number of benzene rings is 2. The molecule has 1 aliphatic rings. The zero-order chi connectivity index (χ0) is 23.2. The predicted octanol–water partition coefficient (Wildman–Crippen LogP) is 4.48. The molecule has 4 rings (SSSR count). The quantitative estimate of drug-likeness (QED) is 0.581. The number of fused-ring (bicyclic) bond motifs is 2. The number of hydrogen-bond acceptors (Lipinski definition) is 6. The first-order chi connectivity index (χ1) is 16.1. The molecule has 0 fully saturated rings. The number of nitrogens with one attached hydrogen (secondary N) is 1. The highest BCUT2D eigenvalue weighted by molar-refractivity contribution is 6.06. The third-order valence-electron chi connectivity index (χ3n) is 5.80. The van der Waals surface area contributed by atoms with Gasteiger partial charge in [0.25, 0.3) is 5.91 Å². The van der Waals surface area contributed by atoms with Crippen molar-refractivity contribution < 1.29 is 23.9 Å². The van der Waals surface area contributed by atoms with Gasteiger partial charge in [-0.15, -0.1) is 0 Å². The number of amides is 1. The van der Waals surface area contributed by atoms with Crippen LogP contribution in [0.4, 0.5) is 5.69 Å². The van der Waals surface area contributed by atoms with E-state index in [0.717, 1.165) is 60.7 Å². The van der Waals surface area contributed by atoms with Crippen LogP contribution in [0.1, 0.15) is 57.7 Å². The van der Waals surface area contributed by atoms with E-state index >= 15 is 0 Å². The highest BCUT2D eigenvalue weighted by Crippen LogP contribution is 2.29. The Morgan fingerprint density at radius 3 is 2.39 bits per heavy atom. The summed E-state index contributed by atoms with van der Waals surface area (Å²) in [6, 6.07) is 13.8. The van der Waals surface area contributed by atoms with Gasteiger partial charge in [-0.1, -0.05) is 31.0 Å². The van der Waals surface area contributed by atoms with Crippen molar-refractivity contribution in [2.45, 2.75) is 38.5 Å². The number of ether oxygens (including phenoxy) is 2. The highest BCUT2D eigenvalue weighted by atomic mass is 16.5. The van der Waals surface area contributed by atoms with Crippen LogP contribution in [0.2, 0.25) is 0 Å². The summed E-state index contributed by atoms with van der Waals surface area (Å²) in [4.78, 5) is 41.9. The average molecular weight is 447 g/mol. The van der Waals surface area contributed by atoms with Crippen LogP contribution < -0.4 is 5.32 Å². The zero-order valence-electron chi connectivity index (χ0n) is 18.6. The van der Waals surface area contributed by atoms with Gasteiger partial charge in [0.2, 0.25) is 0 Å². The number of nitrogens with zero attached hydrogens (tertiary/aromatic N) is 1. The maximum atomic E-state index is 13.2. The first-order valence-electron chi connectivity index (χ1n) is 11.1. The van der Waals surface area contributed by atoms with Crippen molar-refractivity contribution in [3.8, 4) is 0 Å². The van der Waals surface area contributed by atoms with Crippen LogP contribution in [0, 0.1) is 0 Å². The van der Waals surface area contributed by atoms with E-state index in [9.17, 15) is 14.4 Å². The molecular weight excluding hydrogens is 420 g/mol. The molecule has 0 atom stereocenters. The lowest BCUT2D eigenvalue weighted by Crippen LogP contribution is -2.22. The van der Waals surface area contributed by atoms with Crippen molar-refractivity contribution in [3.05, 3.63) is 70.9 Å².